The lowest BCUT2D eigenvalue weighted by molar-refractivity contribution is -0.290. The standard InChI is InChI=1S/C30H49F3O3/c1-19(4-9-26(34)20-11-16-36-17-12-20)23-7-8-24-22-6-5-21-18-29(35,30(31,32)33)15-14-27(21,2)25(22)10-13-28(23,24)3/h19-26,34-35H,4-18H2,1-3H3/t19-,21+,22+,23-,24+,25+,26?,27+,28-,29+/m1/s1. The molecule has 0 amide bonds. The van der Waals surface area contributed by atoms with Gasteiger partial charge in [-0.15, -0.1) is 0 Å². The predicted molar refractivity (Wildman–Crippen MR) is 134 cm³/mol. The minimum absolute atomic E-state index is 0.0220. The van der Waals surface area contributed by atoms with Crippen molar-refractivity contribution >= 4 is 0 Å². The van der Waals surface area contributed by atoms with Gasteiger partial charge in [-0.1, -0.05) is 20.8 Å². The van der Waals surface area contributed by atoms with Crippen molar-refractivity contribution in [2.24, 2.45) is 52.3 Å². The van der Waals surface area contributed by atoms with Crippen LogP contribution in [-0.2, 0) is 4.74 Å². The Labute approximate surface area is 215 Å². The van der Waals surface area contributed by atoms with Gasteiger partial charge in [-0.2, -0.15) is 13.2 Å². The SMILES string of the molecule is C[C@H](CCC(O)C1CCOCC1)[C@H]1CC[C@H]2[C@@H]3CC[C@H]4C[C@](O)(C(F)(F)F)CC[C@]4(C)[C@H]3CC[C@]12C. The molecule has 0 aromatic carbocycles. The molecule has 208 valence electrons. The Morgan fingerprint density at radius 1 is 0.861 bits per heavy atom. The molecule has 2 N–H and O–H groups in total. The van der Waals surface area contributed by atoms with Crippen LogP contribution in [0, 0.1) is 52.3 Å². The lowest BCUT2D eigenvalue weighted by Crippen LogP contribution is -2.59. The molecule has 3 nitrogen and oxygen atoms in total. The average Bonchev–Trinajstić information content (AvgIpc) is 3.20. The van der Waals surface area contributed by atoms with Gasteiger partial charge < -0.3 is 14.9 Å². The summed E-state index contributed by atoms with van der Waals surface area (Å²) >= 11 is 0. The van der Waals surface area contributed by atoms with Gasteiger partial charge >= 0.3 is 6.18 Å². The quantitative estimate of drug-likeness (QED) is 0.410. The Hall–Kier alpha value is -0.330. The Kier molecular flexibility index (Phi) is 7.34. The first-order valence-electron chi connectivity index (χ1n) is 14.9. The van der Waals surface area contributed by atoms with Gasteiger partial charge in [-0.25, -0.2) is 0 Å². The molecule has 0 bridgehead atoms. The van der Waals surface area contributed by atoms with Crippen molar-refractivity contribution in [3.63, 3.8) is 0 Å². The summed E-state index contributed by atoms with van der Waals surface area (Å²) < 4.78 is 46.4. The second-order valence-corrected chi connectivity index (χ2v) is 14.2. The van der Waals surface area contributed by atoms with Gasteiger partial charge in [0.1, 0.15) is 0 Å². The number of hydrogen-bond acceptors (Lipinski definition) is 3. The van der Waals surface area contributed by atoms with Crippen LogP contribution in [0.5, 0.6) is 0 Å². The number of halogens is 3. The smallest absolute Gasteiger partial charge is 0.393 e. The summed E-state index contributed by atoms with van der Waals surface area (Å²) in [5.41, 5.74) is -2.25. The second-order valence-electron chi connectivity index (χ2n) is 14.2. The van der Waals surface area contributed by atoms with Crippen molar-refractivity contribution < 1.29 is 28.1 Å². The van der Waals surface area contributed by atoms with Crippen LogP contribution in [-0.4, -0.2) is 41.3 Å². The summed E-state index contributed by atoms with van der Waals surface area (Å²) in [5.74, 6) is 3.42. The summed E-state index contributed by atoms with van der Waals surface area (Å²) in [7, 11) is 0. The van der Waals surface area contributed by atoms with Crippen LogP contribution in [0.15, 0.2) is 0 Å². The van der Waals surface area contributed by atoms with Gasteiger partial charge in [0.2, 0.25) is 0 Å². The molecule has 10 atom stereocenters. The van der Waals surface area contributed by atoms with E-state index >= 15 is 0 Å². The van der Waals surface area contributed by atoms with Crippen molar-refractivity contribution in [2.45, 2.75) is 122 Å². The highest BCUT2D eigenvalue weighted by Crippen LogP contribution is 2.69. The fourth-order valence-electron chi connectivity index (χ4n) is 10.4. The Morgan fingerprint density at radius 2 is 1.56 bits per heavy atom. The molecule has 5 rings (SSSR count). The van der Waals surface area contributed by atoms with E-state index in [1.807, 2.05) is 0 Å². The second kappa shape index (κ2) is 9.70. The first kappa shape index (κ1) is 27.2. The Morgan fingerprint density at radius 3 is 2.25 bits per heavy atom. The monoisotopic (exact) mass is 514 g/mol. The van der Waals surface area contributed by atoms with E-state index in [0.717, 1.165) is 58.2 Å². The van der Waals surface area contributed by atoms with E-state index in [9.17, 15) is 23.4 Å². The molecule has 0 aromatic heterocycles. The van der Waals surface area contributed by atoms with E-state index in [1.165, 1.54) is 19.3 Å². The van der Waals surface area contributed by atoms with Crippen LogP contribution in [0.25, 0.3) is 0 Å². The fourth-order valence-corrected chi connectivity index (χ4v) is 10.4. The van der Waals surface area contributed by atoms with E-state index in [2.05, 4.69) is 20.8 Å². The molecule has 1 unspecified atom stereocenters. The zero-order chi connectivity index (χ0) is 25.9. The summed E-state index contributed by atoms with van der Waals surface area (Å²) in [4.78, 5) is 0. The first-order valence-corrected chi connectivity index (χ1v) is 14.9. The molecule has 5 fully saturated rings. The molecule has 1 heterocycles. The van der Waals surface area contributed by atoms with Gasteiger partial charge in [0.05, 0.1) is 6.10 Å². The number of fused-ring (bicyclic) bond motifs is 5. The highest BCUT2D eigenvalue weighted by atomic mass is 19.4. The largest absolute Gasteiger partial charge is 0.417 e. The van der Waals surface area contributed by atoms with Gasteiger partial charge in [0.15, 0.2) is 5.60 Å². The van der Waals surface area contributed by atoms with E-state index in [1.54, 1.807) is 0 Å². The summed E-state index contributed by atoms with van der Waals surface area (Å²) in [6.07, 6.45) is 6.12. The highest BCUT2D eigenvalue weighted by Gasteiger charge is 2.65. The average molecular weight is 515 g/mol. The third kappa shape index (κ3) is 4.47. The minimum Gasteiger partial charge on any atom is -0.393 e. The maximum Gasteiger partial charge on any atom is 0.417 e. The van der Waals surface area contributed by atoms with Crippen molar-refractivity contribution in [2.75, 3.05) is 13.2 Å². The third-order valence-electron chi connectivity index (χ3n) is 12.7. The van der Waals surface area contributed by atoms with Crippen LogP contribution < -0.4 is 0 Å². The number of aliphatic hydroxyl groups excluding tert-OH is 1. The van der Waals surface area contributed by atoms with E-state index in [0.29, 0.717) is 47.3 Å². The number of aliphatic hydroxyl groups is 2. The molecule has 6 heteroatoms. The van der Waals surface area contributed by atoms with Crippen molar-refractivity contribution in [1.82, 2.24) is 0 Å². The lowest BCUT2D eigenvalue weighted by Gasteiger charge is -2.62. The molecule has 1 saturated heterocycles. The Bertz CT molecular complexity index is 782. The van der Waals surface area contributed by atoms with Gasteiger partial charge in [0.25, 0.3) is 0 Å². The molecule has 5 aliphatic rings. The van der Waals surface area contributed by atoms with Crippen LogP contribution >= 0.6 is 0 Å². The molecule has 0 spiro atoms. The van der Waals surface area contributed by atoms with Gasteiger partial charge in [-0.3, -0.25) is 0 Å². The van der Waals surface area contributed by atoms with Crippen LogP contribution in [0.2, 0.25) is 0 Å². The van der Waals surface area contributed by atoms with Gasteiger partial charge in [0, 0.05) is 13.2 Å². The van der Waals surface area contributed by atoms with Crippen LogP contribution in [0.4, 0.5) is 13.2 Å². The van der Waals surface area contributed by atoms with Crippen molar-refractivity contribution in [3.05, 3.63) is 0 Å². The zero-order valence-electron chi connectivity index (χ0n) is 22.7. The van der Waals surface area contributed by atoms with E-state index in [4.69, 9.17) is 4.74 Å². The zero-order valence-corrected chi connectivity index (χ0v) is 22.7. The van der Waals surface area contributed by atoms with Crippen molar-refractivity contribution in [3.8, 4) is 0 Å². The highest BCUT2D eigenvalue weighted by molar-refractivity contribution is 5.11. The first-order chi connectivity index (χ1) is 16.9. The summed E-state index contributed by atoms with van der Waals surface area (Å²) in [6.45, 7) is 8.74. The molecular formula is C30H49F3O3. The minimum atomic E-state index is -4.52. The molecule has 4 saturated carbocycles. The molecule has 36 heavy (non-hydrogen) atoms. The number of rotatable bonds is 5. The summed E-state index contributed by atoms with van der Waals surface area (Å²) in [5, 5.41) is 21.3. The normalized spacial score (nSPS) is 47.5. The van der Waals surface area contributed by atoms with E-state index < -0.39 is 11.8 Å². The topological polar surface area (TPSA) is 49.7 Å². The number of alkyl halides is 3. The molecule has 4 aliphatic carbocycles. The Balaban J connectivity index is 1.23. The summed E-state index contributed by atoms with van der Waals surface area (Å²) in [6, 6.07) is 0. The maximum absolute atomic E-state index is 13.6. The molecule has 0 radical (unpaired) electrons. The van der Waals surface area contributed by atoms with Crippen molar-refractivity contribution in [1.29, 1.82) is 0 Å². The number of hydrogen-bond donors (Lipinski definition) is 2. The molecular weight excluding hydrogens is 465 g/mol. The van der Waals surface area contributed by atoms with Crippen LogP contribution in [0.1, 0.15) is 104 Å². The predicted octanol–water partition coefficient (Wildman–Crippen LogP) is 7.14. The molecule has 1 aliphatic heterocycles. The van der Waals surface area contributed by atoms with E-state index in [-0.39, 0.29) is 30.3 Å². The lowest BCUT2D eigenvalue weighted by atomic mass is 9.43. The third-order valence-corrected chi connectivity index (χ3v) is 12.7. The fraction of sp³-hybridized carbons (Fsp3) is 1.00. The number of ether oxygens (including phenoxy) is 1. The van der Waals surface area contributed by atoms with Crippen LogP contribution in [0.3, 0.4) is 0 Å². The maximum atomic E-state index is 13.6. The molecule has 0 aromatic rings. The van der Waals surface area contributed by atoms with Gasteiger partial charge in [-0.05, 0) is 136 Å².